The fourth-order valence-electron chi connectivity index (χ4n) is 1.48. The van der Waals surface area contributed by atoms with E-state index in [-0.39, 0.29) is 0 Å². The SMILES string of the molecule is CCCn1cc(Oc2cccc(Cl)c2N)cn1. The molecule has 0 bridgehead atoms. The highest BCUT2D eigenvalue weighted by molar-refractivity contribution is 6.33. The maximum absolute atomic E-state index is 5.91. The van der Waals surface area contributed by atoms with Crippen LogP contribution in [0.25, 0.3) is 0 Å². The summed E-state index contributed by atoms with van der Waals surface area (Å²) >= 11 is 5.91. The standard InChI is InChI=1S/C12H14ClN3O/c1-2-6-16-8-9(7-15-16)17-11-5-3-4-10(13)12(11)14/h3-5,7-8H,2,6,14H2,1H3. The number of nitrogen functional groups attached to an aromatic ring is 1. The molecular weight excluding hydrogens is 238 g/mol. The molecule has 0 spiro atoms. The molecule has 0 radical (unpaired) electrons. The smallest absolute Gasteiger partial charge is 0.165 e. The fraction of sp³-hybridized carbons (Fsp3) is 0.250. The number of ether oxygens (including phenoxy) is 1. The van der Waals surface area contributed by atoms with E-state index in [1.807, 2.05) is 10.9 Å². The Morgan fingerprint density at radius 3 is 3.06 bits per heavy atom. The number of rotatable bonds is 4. The van der Waals surface area contributed by atoms with Crippen LogP contribution in [0.2, 0.25) is 5.02 Å². The maximum Gasteiger partial charge on any atom is 0.165 e. The van der Waals surface area contributed by atoms with Gasteiger partial charge in [0.05, 0.1) is 23.1 Å². The third-order valence-electron chi connectivity index (χ3n) is 2.30. The van der Waals surface area contributed by atoms with Crippen LogP contribution in [0.1, 0.15) is 13.3 Å². The van der Waals surface area contributed by atoms with Gasteiger partial charge in [0.1, 0.15) is 0 Å². The lowest BCUT2D eigenvalue weighted by Gasteiger charge is -2.06. The van der Waals surface area contributed by atoms with E-state index < -0.39 is 0 Å². The van der Waals surface area contributed by atoms with Gasteiger partial charge in [0, 0.05) is 6.54 Å². The van der Waals surface area contributed by atoms with E-state index in [4.69, 9.17) is 22.1 Å². The molecule has 4 nitrogen and oxygen atoms in total. The number of nitrogens with two attached hydrogens (primary N) is 1. The Morgan fingerprint density at radius 2 is 2.29 bits per heavy atom. The Kier molecular flexibility index (Phi) is 3.54. The van der Waals surface area contributed by atoms with Crippen molar-refractivity contribution in [2.45, 2.75) is 19.9 Å². The van der Waals surface area contributed by atoms with Crippen molar-refractivity contribution in [2.24, 2.45) is 0 Å². The molecule has 2 N–H and O–H groups in total. The van der Waals surface area contributed by atoms with E-state index in [1.165, 1.54) is 0 Å². The van der Waals surface area contributed by atoms with Crippen LogP contribution in [0, 0.1) is 0 Å². The van der Waals surface area contributed by atoms with Gasteiger partial charge in [-0.05, 0) is 18.6 Å². The molecule has 0 unspecified atom stereocenters. The van der Waals surface area contributed by atoms with Gasteiger partial charge in [-0.25, -0.2) is 0 Å². The van der Waals surface area contributed by atoms with Crippen LogP contribution in [-0.4, -0.2) is 9.78 Å². The average molecular weight is 252 g/mol. The van der Waals surface area contributed by atoms with Gasteiger partial charge in [-0.1, -0.05) is 24.6 Å². The number of nitrogens with zero attached hydrogens (tertiary/aromatic N) is 2. The Hall–Kier alpha value is -1.68. The highest BCUT2D eigenvalue weighted by Gasteiger charge is 2.06. The Morgan fingerprint density at radius 1 is 1.47 bits per heavy atom. The largest absolute Gasteiger partial charge is 0.452 e. The Bertz CT molecular complexity index is 510. The first-order valence-corrected chi connectivity index (χ1v) is 5.82. The molecule has 0 saturated heterocycles. The van der Waals surface area contributed by atoms with Gasteiger partial charge >= 0.3 is 0 Å². The number of halogens is 1. The summed E-state index contributed by atoms with van der Waals surface area (Å²) < 4.78 is 7.45. The van der Waals surface area contributed by atoms with Crippen molar-refractivity contribution in [1.29, 1.82) is 0 Å². The molecule has 0 saturated carbocycles. The third kappa shape index (κ3) is 2.71. The summed E-state index contributed by atoms with van der Waals surface area (Å²) in [5.41, 5.74) is 6.25. The zero-order valence-electron chi connectivity index (χ0n) is 9.56. The first-order valence-electron chi connectivity index (χ1n) is 5.45. The van der Waals surface area contributed by atoms with Crippen LogP contribution in [0.15, 0.2) is 30.6 Å². The molecule has 5 heteroatoms. The number of para-hydroxylation sites is 1. The van der Waals surface area contributed by atoms with Gasteiger partial charge in [0.2, 0.25) is 0 Å². The van der Waals surface area contributed by atoms with E-state index in [0.717, 1.165) is 13.0 Å². The first kappa shape index (κ1) is 11.8. The summed E-state index contributed by atoms with van der Waals surface area (Å²) in [6.45, 7) is 2.96. The number of hydrogen-bond acceptors (Lipinski definition) is 3. The molecule has 1 aromatic carbocycles. The van der Waals surface area contributed by atoms with Crippen molar-refractivity contribution in [3.8, 4) is 11.5 Å². The molecule has 0 fully saturated rings. The molecule has 90 valence electrons. The zero-order valence-corrected chi connectivity index (χ0v) is 10.3. The summed E-state index contributed by atoms with van der Waals surface area (Å²) in [5.74, 6) is 1.21. The van der Waals surface area contributed by atoms with Crippen molar-refractivity contribution in [3.63, 3.8) is 0 Å². The van der Waals surface area contributed by atoms with Crippen molar-refractivity contribution >= 4 is 17.3 Å². The predicted molar refractivity (Wildman–Crippen MR) is 68.5 cm³/mol. The zero-order chi connectivity index (χ0) is 12.3. The van der Waals surface area contributed by atoms with E-state index in [9.17, 15) is 0 Å². The topological polar surface area (TPSA) is 53.1 Å². The second-order valence-corrected chi connectivity index (χ2v) is 4.10. The molecule has 17 heavy (non-hydrogen) atoms. The minimum Gasteiger partial charge on any atom is -0.452 e. The fourth-order valence-corrected chi connectivity index (χ4v) is 1.65. The maximum atomic E-state index is 5.91. The van der Waals surface area contributed by atoms with Crippen molar-refractivity contribution in [3.05, 3.63) is 35.6 Å². The molecule has 0 aliphatic heterocycles. The van der Waals surface area contributed by atoms with Gasteiger partial charge in [-0.3, -0.25) is 4.68 Å². The number of aryl methyl sites for hydroxylation is 1. The molecular formula is C12H14ClN3O. The van der Waals surface area contributed by atoms with Crippen molar-refractivity contribution < 1.29 is 4.74 Å². The van der Waals surface area contributed by atoms with E-state index in [1.54, 1.807) is 24.4 Å². The van der Waals surface area contributed by atoms with E-state index >= 15 is 0 Å². The number of hydrogen-bond donors (Lipinski definition) is 1. The minimum absolute atomic E-state index is 0.442. The number of benzene rings is 1. The molecule has 0 amide bonds. The summed E-state index contributed by atoms with van der Waals surface area (Å²) in [7, 11) is 0. The molecule has 0 atom stereocenters. The van der Waals surface area contributed by atoms with Crippen LogP contribution in [0.5, 0.6) is 11.5 Å². The van der Waals surface area contributed by atoms with E-state index in [2.05, 4.69) is 12.0 Å². The van der Waals surface area contributed by atoms with Gasteiger partial charge in [0.15, 0.2) is 11.5 Å². The lowest BCUT2D eigenvalue weighted by atomic mass is 10.3. The lowest BCUT2D eigenvalue weighted by molar-refractivity contribution is 0.483. The quantitative estimate of drug-likeness (QED) is 0.848. The summed E-state index contributed by atoms with van der Waals surface area (Å²) in [6.07, 6.45) is 4.53. The van der Waals surface area contributed by atoms with Gasteiger partial charge < -0.3 is 10.5 Å². The molecule has 0 aliphatic rings. The average Bonchev–Trinajstić information content (AvgIpc) is 2.73. The third-order valence-corrected chi connectivity index (χ3v) is 2.63. The van der Waals surface area contributed by atoms with Crippen molar-refractivity contribution in [2.75, 3.05) is 5.73 Å². The van der Waals surface area contributed by atoms with Gasteiger partial charge in [-0.2, -0.15) is 5.10 Å². The summed E-state index contributed by atoms with van der Waals surface area (Å²) in [6, 6.07) is 5.30. The summed E-state index contributed by atoms with van der Waals surface area (Å²) in [4.78, 5) is 0. The normalized spacial score (nSPS) is 10.5. The van der Waals surface area contributed by atoms with Crippen LogP contribution >= 0.6 is 11.6 Å². The molecule has 2 rings (SSSR count). The Balaban J connectivity index is 2.16. The first-order chi connectivity index (χ1) is 8.20. The van der Waals surface area contributed by atoms with Crippen LogP contribution in [0.4, 0.5) is 5.69 Å². The second-order valence-electron chi connectivity index (χ2n) is 3.69. The highest BCUT2D eigenvalue weighted by Crippen LogP contribution is 2.32. The lowest BCUT2D eigenvalue weighted by Crippen LogP contribution is -1.95. The Labute approximate surface area is 105 Å². The molecule has 1 heterocycles. The van der Waals surface area contributed by atoms with Gasteiger partial charge in [0.25, 0.3) is 0 Å². The minimum atomic E-state index is 0.442. The van der Waals surface area contributed by atoms with Crippen LogP contribution in [-0.2, 0) is 6.54 Å². The number of anilines is 1. The number of aromatic nitrogens is 2. The summed E-state index contributed by atoms with van der Waals surface area (Å²) in [5, 5.41) is 4.66. The molecule has 2 aromatic rings. The van der Waals surface area contributed by atoms with Crippen LogP contribution in [0.3, 0.4) is 0 Å². The predicted octanol–water partition coefficient (Wildman–Crippen LogP) is 3.32. The monoisotopic (exact) mass is 251 g/mol. The molecule has 0 aliphatic carbocycles. The van der Waals surface area contributed by atoms with Gasteiger partial charge in [-0.15, -0.1) is 0 Å². The van der Waals surface area contributed by atoms with Crippen LogP contribution < -0.4 is 10.5 Å². The highest BCUT2D eigenvalue weighted by atomic mass is 35.5. The van der Waals surface area contributed by atoms with Crippen molar-refractivity contribution in [1.82, 2.24) is 9.78 Å². The second kappa shape index (κ2) is 5.10. The van der Waals surface area contributed by atoms with E-state index in [0.29, 0.717) is 22.2 Å². The molecule has 1 aromatic heterocycles.